The summed E-state index contributed by atoms with van der Waals surface area (Å²) in [5.74, 6) is 0.287. The molecule has 0 spiro atoms. The lowest BCUT2D eigenvalue weighted by molar-refractivity contribution is -0.123. The summed E-state index contributed by atoms with van der Waals surface area (Å²) in [6.07, 6.45) is 7.24. The van der Waals surface area contributed by atoms with E-state index in [1.54, 1.807) is 0 Å². The number of hydrogen-bond donors (Lipinski definition) is 0. The number of rotatable bonds is 6. The Morgan fingerprint density at radius 1 is 1.00 bits per heavy atom. The molecular weight excluding hydrogens is 308 g/mol. The van der Waals surface area contributed by atoms with Crippen LogP contribution >= 0.6 is 0 Å². The van der Waals surface area contributed by atoms with E-state index in [1.165, 1.54) is 5.56 Å². The molecule has 3 rings (SSSR count). The molecule has 0 radical (unpaired) electrons. The van der Waals surface area contributed by atoms with Crippen molar-refractivity contribution in [3.63, 3.8) is 0 Å². The highest BCUT2D eigenvalue weighted by Gasteiger charge is 2.45. The summed E-state index contributed by atoms with van der Waals surface area (Å²) in [6, 6.07) is 10.3. The maximum absolute atomic E-state index is 12.5. The molecule has 2 unspecified atom stereocenters. The minimum Gasteiger partial charge on any atom is -0.299 e. The SMILES string of the molecule is O=C(CCCCc1ccccc1)C1CC2CCCC(C1)S2(=O)=O. The average Bonchev–Trinajstić information content (AvgIpc) is 2.51. The van der Waals surface area contributed by atoms with Gasteiger partial charge in [0.2, 0.25) is 0 Å². The highest BCUT2D eigenvalue weighted by molar-refractivity contribution is 7.92. The van der Waals surface area contributed by atoms with Crippen LogP contribution in [0.15, 0.2) is 30.3 Å². The molecule has 3 nitrogen and oxygen atoms in total. The lowest BCUT2D eigenvalue weighted by Crippen LogP contribution is -2.45. The van der Waals surface area contributed by atoms with E-state index in [0.717, 1.165) is 38.5 Å². The Kier molecular flexibility index (Phi) is 5.20. The van der Waals surface area contributed by atoms with Crippen LogP contribution in [0.3, 0.4) is 0 Å². The third-order valence-electron chi connectivity index (χ3n) is 5.51. The Hall–Kier alpha value is -1.16. The van der Waals surface area contributed by atoms with Gasteiger partial charge in [0.25, 0.3) is 0 Å². The van der Waals surface area contributed by atoms with Gasteiger partial charge in [-0.2, -0.15) is 0 Å². The third kappa shape index (κ3) is 3.85. The number of Topliss-reactive ketones (excluding diaryl/α,β-unsaturated/α-hetero) is 1. The Morgan fingerprint density at radius 3 is 2.30 bits per heavy atom. The summed E-state index contributed by atoms with van der Waals surface area (Å²) >= 11 is 0. The number of carbonyl (C=O) groups excluding carboxylic acids is 1. The van der Waals surface area contributed by atoms with Crippen molar-refractivity contribution in [1.29, 1.82) is 0 Å². The van der Waals surface area contributed by atoms with Crippen LogP contribution < -0.4 is 0 Å². The topological polar surface area (TPSA) is 51.2 Å². The monoisotopic (exact) mass is 334 g/mol. The number of aryl methyl sites for hydroxylation is 1. The van der Waals surface area contributed by atoms with Gasteiger partial charge < -0.3 is 0 Å². The number of fused-ring (bicyclic) bond motifs is 2. The van der Waals surface area contributed by atoms with Crippen molar-refractivity contribution >= 4 is 15.6 Å². The average molecular weight is 334 g/mol. The highest BCUT2D eigenvalue weighted by atomic mass is 32.2. The van der Waals surface area contributed by atoms with Crippen LogP contribution in [0.1, 0.15) is 56.9 Å². The number of carbonyl (C=O) groups is 1. The Morgan fingerprint density at radius 2 is 1.65 bits per heavy atom. The first kappa shape index (κ1) is 16.7. The molecule has 0 amide bonds. The summed E-state index contributed by atoms with van der Waals surface area (Å²) in [6.45, 7) is 0. The zero-order chi connectivity index (χ0) is 16.3. The minimum atomic E-state index is -2.95. The fourth-order valence-corrected chi connectivity index (χ4v) is 6.68. The van der Waals surface area contributed by atoms with E-state index in [4.69, 9.17) is 0 Å². The van der Waals surface area contributed by atoms with Crippen molar-refractivity contribution in [3.05, 3.63) is 35.9 Å². The van der Waals surface area contributed by atoms with E-state index in [0.29, 0.717) is 25.0 Å². The molecule has 0 aliphatic carbocycles. The van der Waals surface area contributed by atoms with Crippen molar-refractivity contribution in [1.82, 2.24) is 0 Å². The molecule has 1 aromatic rings. The second-order valence-electron chi connectivity index (χ2n) is 7.09. The second kappa shape index (κ2) is 7.16. The molecule has 2 atom stereocenters. The number of sulfone groups is 1. The molecule has 4 heteroatoms. The number of ketones is 1. The third-order valence-corrected chi connectivity index (χ3v) is 8.23. The Bertz CT molecular complexity index is 616. The van der Waals surface area contributed by atoms with Crippen molar-refractivity contribution in [2.75, 3.05) is 0 Å². The normalized spacial score (nSPS) is 29.1. The van der Waals surface area contributed by atoms with Crippen molar-refractivity contribution in [3.8, 4) is 0 Å². The van der Waals surface area contributed by atoms with Crippen LogP contribution in [-0.2, 0) is 21.1 Å². The summed E-state index contributed by atoms with van der Waals surface area (Å²) in [5, 5.41) is -0.485. The van der Waals surface area contributed by atoms with Gasteiger partial charge in [0.05, 0.1) is 10.5 Å². The molecule has 2 aliphatic rings. The largest absolute Gasteiger partial charge is 0.299 e. The maximum Gasteiger partial charge on any atom is 0.156 e. The predicted octanol–water partition coefficient (Wildman–Crippen LogP) is 3.71. The molecule has 126 valence electrons. The fourth-order valence-electron chi connectivity index (χ4n) is 4.15. The maximum atomic E-state index is 12.5. The zero-order valence-electron chi connectivity index (χ0n) is 13.6. The second-order valence-corrected chi connectivity index (χ2v) is 9.60. The van der Waals surface area contributed by atoms with Crippen LogP contribution in [-0.4, -0.2) is 24.7 Å². The molecule has 0 aromatic heterocycles. The van der Waals surface area contributed by atoms with Crippen LogP contribution in [0, 0.1) is 5.92 Å². The summed E-state index contributed by atoms with van der Waals surface area (Å²) in [5.41, 5.74) is 1.32. The fraction of sp³-hybridized carbons (Fsp3) is 0.632. The van der Waals surface area contributed by atoms with Crippen LogP contribution in [0.25, 0.3) is 0 Å². The van der Waals surface area contributed by atoms with Gasteiger partial charge in [-0.05, 0) is 50.5 Å². The first-order valence-electron chi connectivity index (χ1n) is 8.86. The first-order valence-corrected chi connectivity index (χ1v) is 10.5. The van der Waals surface area contributed by atoms with Gasteiger partial charge >= 0.3 is 0 Å². The molecular formula is C19H26O3S. The minimum absolute atomic E-state index is 0.00875. The molecule has 2 saturated heterocycles. The van der Waals surface area contributed by atoms with Gasteiger partial charge in [-0.25, -0.2) is 8.42 Å². The van der Waals surface area contributed by atoms with Crippen LogP contribution in [0.2, 0.25) is 0 Å². The highest BCUT2D eigenvalue weighted by Crippen LogP contribution is 2.40. The molecule has 2 fully saturated rings. The van der Waals surface area contributed by atoms with Gasteiger partial charge in [-0.3, -0.25) is 4.79 Å². The van der Waals surface area contributed by atoms with Gasteiger partial charge in [0, 0.05) is 12.3 Å². The van der Waals surface area contributed by atoms with E-state index in [1.807, 2.05) is 18.2 Å². The standard InChI is InChI=1S/C19H26O3S/c20-19(12-5-4-9-15-7-2-1-3-8-15)16-13-17-10-6-11-18(14-16)23(17,21)22/h1-3,7-8,16-18H,4-6,9-14H2. The van der Waals surface area contributed by atoms with Crippen molar-refractivity contribution in [2.24, 2.45) is 5.92 Å². The lowest BCUT2D eigenvalue weighted by atomic mass is 9.85. The number of benzene rings is 1. The Labute approximate surface area is 139 Å². The quantitative estimate of drug-likeness (QED) is 0.745. The van der Waals surface area contributed by atoms with Gasteiger partial charge in [-0.1, -0.05) is 36.8 Å². The summed E-state index contributed by atoms with van der Waals surface area (Å²) in [4.78, 5) is 12.5. The molecule has 1 aromatic carbocycles. The summed E-state index contributed by atoms with van der Waals surface area (Å²) in [7, 11) is -2.95. The van der Waals surface area contributed by atoms with E-state index in [-0.39, 0.29) is 16.4 Å². The van der Waals surface area contributed by atoms with Gasteiger partial charge in [0.15, 0.2) is 9.84 Å². The van der Waals surface area contributed by atoms with Crippen LogP contribution in [0.4, 0.5) is 0 Å². The van der Waals surface area contributed by atoms with Gasteiger partial charge in [-0.15, -0.1) is 0 Å². The van der Waals surface area contributed by atoms with E-state index in [2.05, 4.69) is 12.1 Å². The first-order chi connectivity index (χ1) is 11.1. The van der Waals surface area contributed by atoms with E-state index in [9.17, 15) is 13.2 Å². The van der Waals surface area contributed by atoms with Gasteiger partial charge in [0.1, 0.15) is 5.78 Å². The smallest absolute Gasteiger partial charge is 0.156 e. The van der Waals surface area contributed by atoms with E-state index < -0.39 is 9.84 Å². The molecule has 2 aliphatic heterocycles. The molecule has 0 N–H and O–H groups in total. The van der Waals surface area contributed by atoms with Crippen LogP contribution in [0.5, 0.6) is 0 Å². The molecule has 2 bridgehead atoms. The lowest BCUT2D eigenvalue weighted by Gasteiger charge is -2.38. The molecule has 0 saturated carbocycles. The number of unbranched alkanes of at least 4 members (excludes halogenated alkanes) is 1. The predicted molar refractivity (Wildman–Crippen MR) is 92.1 cm³/mol. The molecule has 2 heterocycles. The van der Waals surface area contributed by atoms with Crippen molar-refractivity contribution < 1.29 is 13.2 Å². The summed E-state index contributed by atoms with van der Waals surface area (Å²) < 4.78 is 24.5. The number of hydrogen-bond acceptors (Lipinski definition) is 3. The van der Waals surface area contributed by atoms with Crippen molar-refractivity contribution in [2.45, 2.75) is 68.3 Å². The zero-order valence-corrected chi connectivity index (χ0v) is 14.4. The molecule has 23 heavy (non-hydrogen) atoms. The Balaban J connectivity index is 1.46. The van der Waals surface area contributed by atoms with E-state index >= 15 is 0 Å².